The Balaban J connectivity index is 1.59. The second-order valence-corrected chi connectivity index (χ2v) is 7.16. The van der Waals surface area contributed by atoms with E-state index in [9.17, 15) is 19.5 Å². The average Bonchev–Trinajstić information content (AvgIpc) is 3.18. The van der Waals surface area contributed by atoms with Crippen LogP contribution >= 0.6 is 0 Å². The van der Waals surface area contributed by atoms with Crippen LogP contribution in [0.1, 0.15) is 24.0 Å². The molecule has 1 saturated heterocycles. The molecular weight excluding hydrogens is 308 g/mol. The smallest absolute Gasteiger partial charge is 0.328 e. The molecule has 1 saturated carbocycles. The zero-order valence-corrected chi connectivity index (χ0v) is 13.6. The Labute approximate surface area is 140 Å². The lowest BCUT2D eigenvalue weighted by molar-refractivity contribution is -0.159. The van der Waals surface area contributed by atoms with Crippen LogP contribution in [-0.4, -0.2) is 58.9 Å². The Kier molecular flexibility index (Phi) is 3.20. The Hall–Kier alpha value is -2.37. The lowest BCUT2D eigenvalue weighted by atomic mass is 9.94. The summed E-state index contributed by atoms with van der Waals surface area (Å²) >= 11 is 0. The third kappa shape index (κ3) is 2.05. The SMILES string of the molecule is CN1CC(C(=O)O)N(C(=O)C2CC23CCc2ccccc23)CC1=O. The van der Waals surface area contributed by atoms with Crippen molar-refractivity contribution in [2.75, 3.05) is 20.1 Å². The fraction of sp³-hybridized carbons (Fsp3) is 0.500. The summed E-state index contributed by atoms with van der Waals surface area (Å²) in [6.45, 7) is -0.0866. The molecule has 4 rings (SSSR count). The van der Waals surface area contributed by atoms with E-state index in [4.69, 9.17) is 0 Å². The van der Waals surface area contributed by atoms with E-state index in [0.717, 1.165) is 19.3 Å². The van der Waals surface area contributed by atoms with Crippen molar-refractivity contribution in [3.63, 3.8) is 0 Å². The number of nitrogens with zero attached hydrogens (tertiary/aromatic N) is 2. The highest BCUT2D eigenvalue weighted by atomic mass is 16.4. The maximum atomic E-state index is 13.0. The lowest BCUT2D eigenvalue weighted by Gasteiger charge is -2.37. The zero-order valence-electron chi connectivity index (χ0n) is 13.6. The first kappa shape index (κ1) is 15.2. The van der Waals surface area contributed by atoms with Gasteiger partial charge < -0.3 is 14.9 Å². The minimum atomic E-state index is -1.05. The molecule has 24 heavy (non-hydrogen) atoms. The standard InChI is InChI=1S/C18H20N2O4/c1-19-9-14(17(23)24)20(10-15(19)21)16(22)13-8-18(13)7-6-11-4-2-3-5-12(11)18/h2-5,13-14H,6-10H2,1H3,(H,23,24). The molecular formula is C18H20N2O4. The number of piperazine rings is 1. The fourth-order valence-corrected chi connectivity index (χ4v) is 4.40. The Morgan fingerprint density at radius 3 is 2.79 bits per heavy atom. The van der Waals surface area contributed by atoms with Gasteiger partial charge in [0.2, 0.25) is 11.8 Å². The van der Waals surface area contributed by atoms with E-state index in [-0.39, 0.29) is 36.2 Å². The van der Waals surface area contributed by atoms with E-state index in [2.05, 4.69) is 12.1 Å². The Morgan fingerprint density at radius 2 is 2.04 bits per heavy atom. The second-order valence-electron chi connectivity index (χ2n) is 7.16. The van der Waals surface area contributed by atoms with Crippen molar-refractivity contribution in [2.45, 2.75) is 30.7 Å². The number of amides is 2. The molecule has 6 nitrogen and oxygen atoms in total. The van der Waals surface area contributed by atoms with E-state index in [0.29, 0.717) is 0 Å². The van der Waals surface area contributed by atoms with Crippen molar-refractivity contribution in [3.05, 3.63) is 35.4 Å². The molecule has 2 fully saturated rings. The lowest BCUT2D eigenvalue weighted by Crippen LogP contribution is -2.60. The average molecular weight is 328 g/mol. The molecule has 126 valence electrons. The highest BCUT2D eigenvalue weighted by Crippen LogP contribution is 2.62. The second kappa shape index (κ2) is 5.06. The molecule has 0 bridgehead atoms. The van der Waals surface area contributed by atoms with Crippen LogP contribution in [0.4, 0.5) is 0 Å². The van der Waals surface area contributed by atoms with Crippen LogP contribution < -0.4 is 0 Å². The third-order valence-corrected chi connectivity index (χ3v) is 5.89. The molecule has 2 aliphatic carbocycles. The van der Waals surface area contributed by atoms with Crippen LogP contribution in [-0.2, 0) is 26.2 Å². The molecule has 1 aliphatic heterocycles. The molecule has 3 unspecified atom stereocenters. The number of rotatable bonds is 2. The van der Waals surface area contributed by atoms with Crippen LogP contribution in [0.15, 0.2) is 24.3 Å². The number of aliphatic carboxylic acids is 1. The first-order chi connectivity index (χ1) is 11.4. The normalized spacial score (nSPS) is 31.3. The number of hydrogen-bond acceptors (Lipinski definition) is 3. The predicted molar refractivity (Wildman–Crippen MR) is 85.3 cm³/mol. The van der Waals surface area contributed by atoms with Crippen LogP contribution in [0.2, 0.25) is 0 Å². The molecule has 1 aromatic rings. The van der Waals surface area contributed by atoms with E-state index in [1.165, 1.54) is 20.9 Å². The predicted octanol–water partition coefficient (Wildman–Crippen LogP) is 0.644. The molecule has 3 atom stereocenters. The first-order valence-corrected chi connectivity index (χ1v) is 8.30. The minimum absolute atomic E-state index is 0.0518. The number of carbonyl (C=O) groups excluding carboxylic acids is 2. The maximum Gasteiger partial charge on any atom is 0.328 e. The van der Waals surface area contributed by atoms with Crippen LogP contribution in [0, 0.1) is 5.92 Å². The van der Waals surface area contributed by atoms with Crippen molar-refractivity contribution in [2.24, 2.45) is 5.92 Å². The van der Waals surface area contributed by atoms with Gasteiger partial charge in [0.1, 0.15) is 12.6 Å². The maximum absolute atomic E-state index is 13.0. The number of likely N-dealkylation sites (N-methyl/N-ethyl adjacent to an activating group) is 1. The Morgan fingerprint density at radius 1 is 1.29 bits per heavy atom. The molecule has 2 amide bonds. The summed E-state index contributed by atoms with van der Waals surface area (Å²) in [6, 6.07) is 7.24. The first-order valence-electron chi connectivity index (χ1n) is 8.30. The summed E-state index contributed by atoms with van der Waals surface area (Å²) < 4.78 is 0. The van der Waals surface area contributed by atoms with Crippen LogP contribution in [0.25, 0.3) is 0 Å². The third-order valence-electron chi connectivity index (χ3n) is 5.89. The number of carbonyl (C=O) groups is 3. The van der Waals surface area contributed by atoms with Crippen LogP contribution in [0.3, 0.4) is 0 Å². The molecule has 0 aromatic heterocycles. The molecule has 1 aromatic carbocycles. The van der Waals surface area contributed by atoms with Gasteiger partial charge in [0.25, 0.3) is 0 Å². The summed E-state index contributed by atoms with van der Waals surface area (Å²) in [4.78, 5) is 39.2. The van der Waals surface area contributed by atoms with Gasteiger partial charge in [-0.3, -0.25) is 9.59 Å². The molecule has 1 N–H and O–H groups in total. The quantitative estimate of drug-likeness (QED) is 0.864. The van der Waals surface area contributed by atoms with E-state index < -0.39 is 12.0 Å². The monoisotopic (exact) mass is 328 g/mol. The summed E-state index contributed by atoms with van der Waals surface area (Å²) in [5, 5.41) is 9.45. The highest BCUT2D eigenvalue weighted by Gasteiger charge is 2.63. The summed E-state index contributed by atoms with van der Waals surface area (Å²) in [5.41, 5.74) is 2.39. The van der Waals surface area contributed by atoms with E-state index in [1.807, 2.05) is 12.1 Å². The fourth-order valence-electron chi connectivity index (χ4n) is 4.40. The van der Waals surface area contributed by atoms with E-state index >= 15 is 0 Å². The van der Waals surface area contributed by atoms with Gasteiger partial charge in [-0.1, -0.05) is 24.3 Å². The van der Waals surface area contributed by atoms with Gasteiger partial charge in [0.15, 0.2) is 0 Å². The molecule has 1 spiro atoms. The van der Waals surface area contributed by atoms with E-state index in [1.54, 1.807) is 7.05 Å². The summed E-state index contributed by atoms with van der Waals surface area (Å²) in [5.74, 6) is -1.63. The topological polar surface area (TPSA) is 77.9 Å². The number of aryl methyl sites for hydroxylation is 1. The van der Waals surface area contributed by atoms with Gasteiger partial charge in [-0.05, 0) is 30.4 Å². The number of carboxylic acids is 1. The largest absolute Gasteiger partial charge is 0.480 e. The Bertz CT molecular complexity index is 746. The summed E-state index contributed by atoms with van der Waals surface area (Å²) in [7, 11) is 1.58. The van der Waals surface area contributed by atoms with Gasteiger partial charge in [-0.15, -0.1) is 0 Å². The van der Waals surface area contributed by atoms with Crippen molar-refractivity contribution in [3.8, 4) is 0 Å². The molecule has 0 radical (unpaired) electrons. The number of hydrogen-bond donors (Lipinski definition) is 1. The number of fused-ring (bicyclic) bond motifs is 2. The van der Waals surface area contributed by atoms with Gasteiger partial charge in [0.05, 0.1) is 6.54 Å². The van der Waals surface area contributed by atoms with Crippen molar-refractivity contribution in [1.82, 2.24) is 9.80 Å². The molecule has 1 heterocycles. The van der Waals surface area contributed by atoms with Crippen molar-refractivity contribution >= 4 is 17.8 Å². The van der Waals surface area contributed by atoms with Gasteiger partial charge in [-0.2, -0.15) is 0 Å². The number of benzene rings is 1. The van der Waals surface area contributed by atoms with Crippen molar-refractivity contribution in [1.29, 1.82) is 0 Å². The highest BCUT2D eigenvalue weighted by molar-refractivity contribution is 5.94. The van der Waals surface area contributed by atoms with Gasteiger partial charge in [-0.25, -0.2) is 4.79 Å². The van der Waals surface area contributed by atoms with Gasteiger partial charge >= 0.3 is 5.97 Å². The zero-order chi connectivity index (χ0) is 17.1. The number of carboxylic acid groups (broad SMARTS) is 1. The molecule has 3 aliphatic rings. The summed E-state index contributed by atoms with van der Waals surface area (Å²) in [6.07, 6.45) is 2.65. The minimum Gasteiger partial charge on any atom is -0.480 e. The molecule has 6 heteroatoms. The van der Waals surface area contributed by atoms with Crippen molar-refractivity contribution < 1.29 is 19.5 Å². The van der Waals surface area contributed by atoms with Gasteiger partial charge in [0, 0.05) is 18.4 Å². The van der Waals surface area contributed by atoms with Crippen LogP contribution in [0.5, 0.6) is 0 Å².